The minimum Gasteiger partial charge on any atom is -1.00 e. The molecule has 0 bridgehead atoms. The molecule has 0 fully saturated rings. The quantitative estimate of drug-likeness (QED) is 0.425. The Hall–Kier alpha value is 0.595. The molecule has 0 spiro atoms. The Kier molecular flexibility index (Phi) is 24.3. The van der Waals surface area contributed by atoms with Gasteiger partial charge in [0.1, 0.15) is 0 Å². The van der Waals surface area contributed by atoms with Crippen molar-refractivity contribution >= 4 is 52.3 Å². The van der Waals surface area contributed by atoms with Crippen LogP contribution in [0.2, 0.25) is 0 Å². The van der Waals surface area contributed by atoms with Gasteiger partial charge in [0, 0.05) is 8.41 Å². The molecule has 0 amide bonds. The van der Waals surface area contributed by atoms with E-state index in [1.54, 1.807) is 0 Å². The normalized spacial score (nSPS) is 4.00. The van der Waals surface area contributed by atoms with Crippen molar-refractivity contribution in [2.24, 2.45) is 0 Å². The Balaban J connectivity index is -0.00000000750. The Bertz CT molecular complexity index is 40.3. The van der Waals surface area contributed by atoms with E-state index in [4.69, 9.17) is 15.0 Å². The van der Waals surface area contributed by atoms with Gasteiger partial charge < -0.3 is 13.1 Å². The first-order valence-corrected chi connectivity index (χ1v) is 0.651. The monoisotopic (exact) mass is 115 g/mol. The summed E-state index contributed by atoms with van der Waals surface area (Å²) in [7, 11) is 0. The van der Waals surface area contributed by atoms with Crippen molar-refractivity contribution in [3.8, 4) is 0 Å². The molecule has 0 unspecified atom stereocenters. The van der Waals surface area contributed by atoms with Gasteiger partial charge in [-0.15, -0.1) is 0 Å². The topological polar surface area (TPSA) is 57.5 Å². The maximum atomic E-state index is 8.56. The second-order valence-corrected chi connectivity index (χ2v) is 0.283. The molecule has 0 aliphatic heterocycles. The molecule has 6 heavy (non-hydrogen) atoms. The molecule has 0 saturated heterocycles. The Morgan fingerprint density at radius 1 is 1.50 bits per heavy atom. The van der Waals surface area contributed by atoms with Gasteiger partial charge >= 0.3 is 43.9 Å². The molecule has 0 heterocycles. The van der Waals surface area contributed by atoms with E-state index in [1.165, 1.54) is 0 Å². The van der Waals surface area contributed by atoms with Crippen molar-refractivity contribution in [1.29, 1.82) is 0 Å². The third kappa shape index (κ3) is 168. The van der Waals surface area contributed by atoms with Crippen LogP contribution in [-0.4, -0.2) is 62.5 Å². The number of hydrogen-bond acceptors (Lipinski definition) is 1. The van der Waals surface area contributed by atoms with Crippen LogP contribution in [0.3, 0.4) is 0 Å². The van der Waals surface area contributed by atoms with E-state index >= 15 is 0 Å². The van der Waals surface area contributed by atoms with Crippen molar-refractivity contribution in [3.05, 3.63) is 0 Å². The predicted molar refractivity (Wildman–Crippen MR) is 24.4 cm³/mol. The summed E-state index contributed by atoms with van der Waals surface area (Å²) in [6.45, 7) is 0. The van der Waals surface area contributed by atoms with Crippen LogP contribution in [0.5, 0.6) is 0 Å². The summed E-state index contributed by atoms with van der Waals surface area (Å²) in [6.07, 6.45) is -1.83. The van der Waals surface area contributed by atoms with Crippen molar-refractivity contribution in [3.63, 3.8) is 0 Å². The summed E-state index contributed by atoms with van der Waals surface area (Å²) in [6, 6.07) is 0. The first-order valence-electron chi connectivity index (χ1n) is 0.651. The van der Waals surface area contributed by atoms with Gasteiger partial charge in [-0.25, -0.2) is 4.79 Å². The van der Waals surface area contributed by atoms with Crippen LogP contribution in [0, 0.1) is 0 Å². The smallest absolute Gasteiger partial charge is 1.00 e. The Morgan fingerprint density at radius 3 is 1.50 bits per heavy atom. The van der Waals surface area contributed by atoms with E-state index in [0.717, 1.165) is 0 Å². The Labute approximate surface area is 69.9 Å². The zero-order valence-corrected chi connectivity index (χ0v) is 5.30. The first-order chi connectivity index (χ1) is 1.73. The summed E-state index contributed by atoms with van der Waals surface area (Å²) in [5.74, 6) is 0. The van der Waals surface area contributed by atoms with Gasteiger partial charge in [0.05, 0.1) is 0 Å². The fraction of sp³-hybridized carbons (Fsp3) is 0. The molecule has 0 saturated carbocycles. The summed E-state index contributed by atoms with van der Waals surface area (Å²) < 4.78 is 0. The van der Waals surface area contributed by atoms with E-state index in [-0.39, 0.29) is 49.0 Å². The molecular formula is CH4BCaO3. The average Bonchev–Trinajstić information content (AvgIpc) is 0.811. The minimum absolute atomic E-state index is 0. The van der Waals surface area contributed by atoms with Gasteiger partial charge in [-0.2, -0.15) is 0 Å². The van der Waals surface area contributed by atoms with Gasteiger partial charge in [0.2, 0.25) is 0 Å². The van der Waals surface area contributed by atoms with Crippen LogP contribution < -0.4 is 0 Å². The van der Waals surface area contributed by atoms with E-state index in [0.29, 0.717) is 0 Å². The number of carboxylic acid groups (broad SMARTS) is 2. The summed E-state index contributed by atoms with van der Waals surface area (Å²) in [4.78, 5) is 8.56. The third-order valence-electron chi connectivity index (χ3n) is 0. The fourth-order valence-corrected chi connectivity index (χ4v) is 0. The second kappa shape index (κ2) is 9.14. The molecule has 0 aromatic carbocycles. The number of carbonyl (C=O) groups is 1. The molecule has 31 valence electrons. The van der Waals surface area contributed by atoms with Crippen LogP contribution >= 0.6 is 0 Å². The van der Waals surface area contributed by atoms with Crippen molar-refractivity contribution < 1.29 is 17.9 Å². The largest absolute Gasteiger partial charge is 2.00 e. The molecule has 5 heteroatoms. The minimum atomic E-state index is -1.83. The predicted octanol–water partition coefficient (Wildman–Crippen LogP) is -0.314. The third-order valence-corrected chi connectivity index (χ3v) is 0. The van der Waals surface area contributed by atoms with Gasteiger partial charge in [-0.05, 0) is 0 Å². The van der Waals surface area contributed by atoms with Gasteiger partial charge in [0.25, 0.3) is 0 Å². The summed E-state index contributed by atoms with van der Waals surface area (Å²) in [5.41, 5.74) is 0. The van der Waals surface area contributed by atoms with Crippen molar-refractivity contribution in [2.75, 3.05) is 0 Å². The van der Waals surface area contributed by atoms with Crippen LogP contribution in [-0.2, 0) is 0 Å². The summed E-state index contributed by atoms with van der Waals surface area (Å²) >= 11 is 0. The van der Waals surface area contributed by atoms with Gasteiger partial charge in [-0.1, -0.05) is 0 Å². The molecule has 0 aliphatic carbocycles. The van der Waals surface area contributed by atoms with E-state index in [2.05, 4.69) is 0 Å². The molecule has 3 nitrogen and oxygen atoms in total. The van der Waals surface area contributed by atoms with Gasteiger partial charge in [0.15, 0.2) is 0 Å². The van der Waals surface area contributed by atoms with Crippen LogP contribution in [0.25, 0.3) is 0 Å². The Morgan fingerprint density at radius 2 is 1.50 bits per heavy atom. The van der Waals surface area contributed by atoms with E-state index in [9.17, 15) is 0 Å². The molecule has 3 radical (unpaired) electrons. The van der Waals surface area contributed by atoms with E-state index < -0.39 is 6.16 Å². The molecule has 2 N–H and O–H groups in total. The zero-order valence-electron chi connectivity index (χ0n) is 5.09. The molecular weight excluding hydrogens is 111 g/mol. The van der Waals surface area contributed by atoms with Crippen molar-refractivity contribution in [1.82, 2.24) is 0 Å². The van der Waals surface area contributed by atoms with E-state index in [1.807, 2.05) is 0 Å². The standard InChI is InChI=1S/CH2O3.B.Ca.2H/c2-1(3)4;;;;/h(H2,2,3,4);;;;/q;;+2;2*-1. The zero-order chi connectivity index (χ0) is 3.58. The van der Waals surface area contributed by atoms with Gasteiger partial charge in [-0.3, -0.25) is 0 Å². The number of hydrogen-bond donors (Lipinski definition) is 2. The SMILES string of the molecule is O=C(O)O.[B].[Ca+2].[H-].[H-]. The second-order valence-electron chi connectivity index (χ2n) is 0.283. The van der Waals surface area contributed by atoms with Crippen LogP contribution in [0.4, 0.5) is 4.79 Å². The molecule has 0 aromatic heterocycles. The van der Waals surface area contributed by atoms with Crippen LogP contribution in [0.15, 0.2) is 0 Å². The average molecular weight is 115 g/mol. The maximum absolute atomic E-state index is 8.56. The molecule has 0 aromatic rings. The maximum Gasteiger partial charge on any atom is 2.00 e. The van der Waals surface area contributed by atoms with Crippen molar-refractivity contribution in [2.45, 2.75) is 0 Å². The molecule has 0 rings (SSSR count). The van der Waals surface area contributed by atoms with Crippen LogP contribution in [0.1, 0.15) is 2.85 Å². The first kappa shape index (κ1) is 16.0. The summed E-state index contributed by atoms with van der Waals surface area (Å²) in [5, 5.41) is 13.9. The fourth-order valence-electron chi connectivity index (χ4n) is 0. The number of rotatable bonds is 0. The molecule has 0 aliphatic rings. The molecule has 0 atom stereocenters.